The van der Waals surface area contributed by atoms with Gasteiger partial charge < -0.3 is 9.64 Å². The van der Waals surface area contributed by atoms with Crippen molar-refractivity contribution < 1.29 is 9.53 Å². The van der Waals surface area contributed by atoms with Crippen molar-refractivity contribution in [2.24, 2.45) is 17.8 Å². The Hall–Kier alpha value is -1.35. The van der Waals surface area contributed by atoms with E-state index in [9.17, 15) is 4.79 Å². The van der Waals surface area contributed by atoms with Crippen molar-refractivity contribution >= 4 is 11.6 Å². The minimum atomic E-state index is 0.105. The summed E-state index contributed by atoms with van der Waals surface area (Å²) in [5.41, 5.74) is 2.33. The molecule has 0 aromatic heterocycles. The number of ether oxygens (including phenoxy) is 1. The molecule has 24 heavy (non-hydrogen) atoms. The monoisotopic (exact) mass is 329 g/mol. The average Bonchev–Trinajstić information content (AvgIpc) is 2.88. The molecule has 1 amide bonds. The van der Waals surface area contributed by atoms with Gasteiger partial charge in [-0.1, -0.05) is 45.4 Å². The van der Waals surface area contributed by atoms with Crippen molar-refractivity contribution in [2.75, 3.05) is 11.5 Å². The Morgan fingerprint density at radius 1 is 1.25 bits per heavy atom. The number of amides is 1. The van der Waals surface area contributed by atoms with Crippen LogP contribution in [-0.2, 0) is 16.0 Å². The van der Waals surface area contributed by atoms with Gasteiger partial charge in [-0.15, -0.1) is 0 Å². The zero-order valence-corrected chi connectivity index (χ0v) is 15.5. The number of carbonyl (C=O) groups excluding carboxylic acids is 1. The van der Waals surface area contributed by atoms with E-state index in [1.165, 1.54) is 18.4 Å². The van der Waals surface area contributed by atoms with Crippen LogP contribution in [0.25, 0.3) is 0 Å². The van der Waals surface area contributed by atoms with E-state index < -0.39 is 0 Å². The fourth-order valence-corrected chi connectivity index (χ4v) is 4.50. The van der Waals surface area contributed by atoms with Gasteiger partial charge >= 0.3 is 0 Å². The molecule has 3 rings (SSSR count). The molecule has 132 valence electrons. The van der Waals surface area contributed by atoms with E-state index in [1.807, 2.05) is 17.0 Å². The lowest BCUT2D eigenvalue weighted by atomic mass is 9.75. The Morgan fingerprint density at radius 3 is 2.75 bits per heavy atom. The van der Waals surface area contributed by atoms with Gasteiger partial charge in [0.15, 0.2) is 0 Å². The van der Waals surface area contributed by atoms with Crippen molar-refractivity contribution in [3.63, 3.8) is 0 Å². The fourth-order valence-electron chi connectivity index (χ4n) is 4.50. The molecule has 1 aliphatic carbocycles. The Bertz CT molecular complexity index is 583. The molecule has 0 radical (unpaired) electrons. The van der Waals surface area contributed by atoms with Crippen LogP contribution in [0.15, 0.2) is 24.3 Å². The molecule has 1 aliphatic heterocycles. The molecule has 1 aromatic carbocycles. The number of fused-ring (bicyclic) bond motifs is 1. The summed E-state index contributed by atoms with van der Waals surface area (Å²) in [5.74, 6) is 2.00. The maximum absolute atomic E-state index is 12.8. The molecule has 4 atom stereocenters. The summed E-state index contributed by atoms with van der Waals surface area (Å²) in [4.78, 5) is 14.8. The van der Waals surface area contributed by atoms with Crippen molar-refractivity contribution in [3.05, 3.63) is 29.8 Å². The molecular formula is C21H31NO2. The van der Waals surface area contributed by atoms with Crippen LogP contribution in [0.2, 0.25) is 0 Å². The van der Waals surface area contributed by atoms with Crippen LogP contribution < -0.4 is 4.90 Å². The first-order chi connectivity index (χ1) is 11.5. The van der Waals surface area contributed by atoms with E-state index in [2.05, 4.69) is 39.8 Å². The number of hydrogen-bond acceptors (Lipinski definition) is 2. The minimum Gasteiger partial charge on any atom is -0.368 e. The van der Waals surface area contributed by atoms with Gasteiger partial charge in [0.25, 0.3) is 5.91 Å². The van der Waals surface area contributed by atoms with Gasteiger partial charge in [-0.3, -0.25) is 4.79 Å². The highest BCUT2D eigenvalue weighted by atomic mass is 16.5. The van der Waals surface area contributed by atoms with Gasteiger partial charge in [0.2, 0.25) is 0 Å². The lowest BCUT2D eigenvalue weighted by Gasteiger charge is -2.37. The summed E-state index contributed by atoms with van der Waals surface area (Å²) in [7, 11) is 0. The molecule has 0 N–H and O–H groups in total. The van der Waals surface area contributed by atoms with Crippen LogP contribution in [0.4, 0.5) is 5.69 Å². The smallest absolute Gasteiger partial charge is 0.253 e. The summed E-state index contributed by atoms with van der Waals surface area (Å²) >= 11 is 0. The minimum absolute atomic E-state index is 0.105. The third kappa shape index (κ3) is 3.51. The third-order valence-corrected chi connectivity index (χ3v) is 5.86. The Labute approximate surface area is 146 Å². The van der Waals surface area contributed by atoms with Gasteiger partial charge in [-0.25, -0.2) is 0 Å². The average molecular weight is 329 g/mol. The van der Waals surface area contributed by atoms with Crippen molar-refractivity contribution in [3.8, 4) is 0 Å². The predicted molar refractivity (Wildman–Crippen MR) is 98.2 cm³/mol. The number of para-hydroxylation sites is 1. The fraction of sp³-hybridized carbons (Fsp3) is 0.667. The molecule has 1 heterocycles. The summed E-state index contributed by atoms with van der Waals surface area (Å²) < 4.78 is 6.17. The summed E-state index contributed by atoms with van der Waals surface area (Å²) in [6.45, 7) is 9.18. The van der Waals surface area contributed by atoms with E-state index in [0.29, 0.717) is 17.8 Å². The normalized spacial score (nSPS) is 29.8. The quantitative estimate of drug-likeness (QED) is 0.817. The molecule has 0 bridgehead atoms. The molecule has 3 heteroatoms. The first-order valence-corrected chi connectivity index (χ1v) is 9.49. The third-order valence-electron chi connectivity index (χ3n) is 5.86. The Morgan fingerprint density at radius 2 is 2.00 bits per heavy atom. The molecule has 1 saturated carbocycles. The summed E-state index contributed by atoms with van der Waals surface area (Å²) in [5, 5.41) is 0. The molecule has 0 saturated heterocycles. The standard InChI is InChI=1S/C21H31NO2/c1-14(2)18-10-9-15(3)11-20(18)24-13-21(23)22-16(4)12-17-7-5-6-8-19(17)22/h5-8,14-16,18,20H,9-13H2,1-4H3/t15-,16?,18+,20-/m1/s1. The number of nitrogens with zero attached hydrogens (tertiary/aromatic N) is 1. The van der Waals surface area contributed by atoms with Gasteiger partial charge in [-0.05, 0) is 55.6 Å². The molecule has 0 spiro atoms. The van der Waals surface area contributed by atoms with E-state index in [-0.39, 0.29) is 24.7 Å². The molecule has 1 unspecified atom stereocenters. The topological polar surface area (TPSA) is 29.5 Å². The predicted octanol–water partition coefficient (Wildman–Crippen LogP) is 4.44. The Kier molecular flexibility index (Phi) is 5.29. The SMILES string of the molecule is CC(C)[C@@H]1CC[C@@H](C)C[C@H]1OCC(=O)N1c2ccccc2CC1C. The number of anilines is 1. The number of hydrogen-bond donors (Lipinski definition) is 0. The molecule has 2 aliphatic rings. The van der Waals surface area contributed by atoms with E-state index in [4.69, 9.17) is 4.74 Å². The summed E-state index contributed by atoms with van der Waals surface area (Å²) in [6, 6.07) is 8.46. The first kappa shape index (κ1) is 17.5. The van der Waals surface area contributed by atoms with Crippen molar-refractivity contribution in [1.29, 1.82) is 0 Å². The zero-order chi connectivity index (χ0) is 17.3. The molecule has 3 nitrogen and oxygen atoms in total. The molecule has 1 fully saturated rings. The second-order valence-electron chi connectivity index (χ2n) is 8.12. The Balaban J connectivity index is 1.64. The number of benzene rings is 1. The highest BCUT2D eigenvalue weighted by molar-refractivity contribution is 5.97. The lowest BCUT2D eigenvalue weighted by molar-refractivity contribution is -0.129. The van der Waals surface area contributed by atoms with E-state index in [1.54, 1.807) is 0 Å². The second kappa shape index (κ2) is 7.26. The van der Waals surface area contributed by atoms with Crippen LogP contribution in [0.1, 0.15) is 52.5 Å². The maximum Gasteiger partial charge on any atom is 0.253 e. The van der Waals surface area contributed by atoms with Crippen LogP contribution in [0.3, 0.4) is 0 Å². The van der Waals surface area contributed by atoms with Crippen LogP contribution in [0.5, 0.6) is 0 Å². The zero-order valence-electron chi connectivity index (χ0n) is 15.5. The first-order valence-electron chi connectivity index (χ1n) is 9.49. The van der Waals surface area contributed by atoms with Gasteiger partial charge in [0.1, 0.15) is 6.61 Å². The molecule has 1 aromatic rings. The maximum atomic E-state index is 12.8. The molecular weight excluding hydrogens is 298 g/mol. The van der Waals surface area contributed by atoms with Gasteiger partial charge in [0, 0.05) is 11.7 Å². The van der Waals surface area contributed by atoms with Gasteiger partial charge in [-0.2, -0.15) is 0 Å². The van der Waals surface area contributed by atoms with Crippen molar-refractivity contribution in [1.82, 2.24) is 0 Å². The number of rotatable bonds is 4. The lowest BCUT2D eigenvalue weighted by Crippen LogP contribution is -2.41. The second-order valence-corrected chi connectivity index (χ2v) is 8.12. The highest BCUT2D eigenvalue weighted by Crippen LogP contribution is 2.36. The van der Waals surface area contributed by atoms with E-state index >= 15 is 0 Å². The highest BCUT2D eigenvalue weighted by Gasteiger charge is 2.34. The van der Waals surface area contributed by atoms with Crippen molar-refractivity contribution in [2.45, 2.75) is 65.5 Å². The van der Waals surface area contributed by atoms with E-state index in [0.717, 1.165) is 18.5 Å². The van der Waals surface area contributed by atoms with Crippen LogP contribution >= 0.6 is 0 Å². The number of carbonyl (C=O) groups is 1. The largest absolute Gasteiger partial charge is 0.368 e. The van der Waals surface area contributed by atoms with Crippen LogP contribution in [-0.4, -0.2) is 24.7 Å². The van der Waals surface area contributed by atoms with Gasteiger partial charge in [0.05, 0.1) is 6.10 Å². The summed E-state index contributed by atoms with van der Waals surface area (Å²) in [6.07, 6.45) is 4.76. The van der Waals surface area contributed by atoms with Crippen LogP contribution in [0, 0.1) is 17.8 Å².